The summed E-state index contributed by atoms with van der Waals surface area (Å²) in [6.45, 7) is 3.99. The lowest BCUT2D eigenvalue weighted by molar-refractivity contribution is 0.102. The molecule has 0 atom stereocenters. The van der Waals surface area contributed by atoms with E-state index in [0.29, 0.717) is 23.0 Å². The summed E-state index contributed by atoms with van der Waals surface area (Å²) >= 11 is 0. The van der Waals surface area contributed by atoms with Gasteiger partial charge in [0.1, 0.15) is 5.75 Å². The van der Waals surface area contributed by atoms with Crippen LogP contribution in [0.1, 0.15) is 21.5 Å². The Kier molecular flexibility index (Phi) is 5.52. The van der Waals surface area contributed by atoms with Gasteiger partial charge in [-0.05, 0) is 43.7 Å². The number of aryl methyl sites for hydroxylation is 2. The van der Waals surface area contributed by atoms with Gasteiger partial charge in [0, 0.05) is 29.1 Å². The SMILES string of the molecule is Cc1ccc(-c2nccc(Oc3cccc(C(=O)Nc4ccccc4C)c3)n2)cc1. The molecule has 1 N–H and O–H groups in total. The molecule has 0 bridgehead atoms. The molecule has 0 radical (unpaired) electrons. The van der Waals surface area contributed by atoms with Crippen molar-refractivity contribution >= 4 is 11.6 Å². The van der Waals surface area contributed by atoms with Crippen LogP contribution in [0.4, 0.5) is 5.69 Å². The molecule has 1 amide bonds. The van der Waals surface area contributed by atoms with Crippen LogP contribution in [0, 0.1) is 13.8 Å². The third kappa shape index (κ3) is 4.52. The predicted octanol–water partition coefficient (Wildman–Crippen LogP) is 5.81. The molecule has 0 saturated carbocycles. The molecule has 1 aromatic heterocycles. The standard InChI is InChI=1S/C25H21N3O2/c1-17-10-12-19(13-11-17)24-26-15-14-23(28-24)30-21-8-5-7-20(16-21)25(29)27-22-9-4-3-6-18(22)2/h3-16H,1-2H3,(H,27,29). The van der Waals surface area contributed by atoms with Crippen molar-refractivity contribution in [3.05, 3.63) is 102 Å². The number of para-hydroxylation sites is 1. The highest BCUT2D eigenvalue weighted by atomic mass is 16.5. The lowest BCUT2D eigenvalue weighted by Gasteiger charge is -2.10. The summed E-state index contributed by atoms with van der Waals surface area (Å²) in [4.78, 5) is 21.5. The fraction of sp³-hybridized carbons (Fsp3) is 0.0800. The number of amides is 1. The summed E-state index contributed by atoms with van der Waals surface area (Å²) in [5.74, 6) is 1.33. The molecular formula is C25H21N3O2. The van der Waals surface area contributed by atoms with Crippen LogP contribution >= 0.6 is 0 Å². The van der Waals surface area contributed by atoms with E-state index in [9.17, 15) is 4.79 Å². The Bertz CT molecular complexity index is 1190. The number of benzene rings is 3. The molecule has 5 nitrogen and oxygen atoms in total. The number of aromatic nitrogens is 2. The van der Waals surface area contributed by atoms with Gasteiger partial charge < -0.3 is 10.1 Å². The first kappa shape index (κ1) is 19.3. The second kappa shape index (κ2) is 8.57. The maximum atomic E-state index is 12.6. The maximum absolute atomic E-state index is 12.6. The van der Waals surface area contributed by atoms with E-state index in [-0.39, 0.29) is 5.91 Å². The van der Waals surface area contributed by atoms with E-state index >= 15 is 0 Å². The number of carbonyl (C=O) groups excluding carboxylic acids is 1. The highest BCUT2D eigenvalue weighted by molar-refractivity contribution is 6.04. The third-order valence-corrected chi connectivity index (χ3v) is 4.65. The van der Waals surface area contributed by atoms with E-state index in [1.165, 1.54) is 5.56 Å². The summed E-state index contributed by atoms with van der Waals surface area (Å²) in [5, 5.41) is 2.93. The Morgan fingerprint density at radius 2 is 1.70 bits per heavy atom. The molecule has 148 valence electrons. The van der Waals surface area contributed by atoms with Gasteiger partial charge in [-0.1, -0.05) is 54.1 Å². The molecule has 3 aromatic carbocycles. The van der Waals surface area contributed by atoms with Gasteiger partial charge in [0.2, 0.25) is 5.88 Å². The van der Waals surface area contributed by atoms with Gasteiger partial charge in [-0.2, -0.15) is 4.98 Å². The Morgan fingerprint density at radius 1 is 0.900 bits per heavy atom. The van der Waals surface area contributed by atoms with Crippen molar-refractivity contribution in [2.75, 3.05) is 5.32 Å². The van der Waals surface area contributed by atoms with Crippen molar-refractivity contribution in [3.63, 3.8) is 0 Å². The van der Waals surface area contributed by atoms with E-state index in [2.05, 4.69) is 15.3 Å². The first-order valence-corrected chi connectivity index (χ1v) is 9.63. The van der Waals surface area contributed by atoms with Crippen LogP contribution in [-0.4, -0.2) is 15.9 Å². The fourth-order valence-corrected chi connectivity index (χ4v) is 2.97. The molecule has 0 fully saturated rings. The van der Waals surface area contributed by atoms with Crippen molar-refractivity contribution in [1.29, 1.82) is 0 Å². The Morgan fingerprint density at radius 3 is 2.50 bits per heavy atom. The van der Waals surface area contributed by atoms with Gasteiger partial charge in [0.15, 0.2) is 5.82 Å². The Hall–Kier alpha value is -3.99. The van der Waals surface area contributed by atoms with Crippen LogP contribution in [0.15, 0.2) is 85.1 Å². The average molecular weight is 395 g/mol. The van der Waals surface area contributed by atoms with Crippen molar-refractivity contribution in [1.82, 2.24) is 9.97 Å². The summed E-state index contributed by atoms with van der Waals surface area (Å²) in [6, 6.07) is 24.4. The Labute approximate surface area is 175 Å². The van der Waals surface area contributed by atoms with Gasteiger partial charge in [0.25, 0.3) is 5.91 Å². The normalized spacial score (nSPS) is 10.5. The molecule has 0 aliphatic carbocycles. The van der Waals surface area contributed by atoms with Gasteiger partial charge >= 0.3 is 0 Å². The topological polar surface area (TPSA) is 64.1 Å². The zero-order chi connectivity index (χ0) is 20.9. The molecule has 0 aliphatic heterocycles. The molecule has 0 spiro atoms. The minimum absolute atomic E-state index is 0.196. The summed E-state index contributed by atoms with van der Waals surface area (Å²) < 4.78 is 5.90. The molecule has 0 unspecified atom stereocenters. The highest BCUT2D eigenvalue weighted by Gasteiger charge is 2.10. The van der Waals surface area contributed by atoms with Crippen molar-refractivity contribution < 1.29 is 9.53 Å². The number of rotatable bonds is 5. The van der Waals surface area contributed by atoms with E-state index in [4.69, 9.17) is 4.74 Å². The van der Waals surface area contributed by atoms with Gasteiger partial charge in [0.05, 0.1) is 0 Å². The lowest BCUT2D eigenvalue weighted by atomic mass is 10.1. The molecule has 0 aliphatic rings. The number of carbonyl (C=O) groups is 1. The van der Waals surface area contributed by atoms with Crippen LogP contribution in [0.2, 0.25) is 0 Å². The number of anilines is 1. The van der Waals surface area contributed by atoms with Gasteiger partial charge in [-0.25, -0.2) is 4.98 Å². The number of ether oxygens (including phenoxy) is 1. The zero-order valence-electron chi connectivity index (χ0n) is 16.8. The van der Waals surface area contributed by atoms with Crippen LogP contribution in [0.25, 0.3) is 11.4 Å². The number of hydrogen-bond donors (Lipinski definition) is 1. The molecular weight excluding hydrogens is 374 g/mol. The average Bonchev–Trinajstić information content (AvgIpc) is 2.76. The summed E-state index contributed by atoms with van der Waals surface area (Å²) in [6.07, 6.45) is 1.66. The van der Waals surface area contributed by atoms with Crippen molar-refractivity contribution in [2.45, 2.75) is 13.8 Å². The molecule has 5 heteroatoms. The lowest BCUT2D eigenvalue weighted by Crippen LogP contribution is -2.12. The second-order valence-corrected chi connectivity index (χ2v) is 6.98. The molecule has 4 aromatic rings. The van der Waals surface area contributed by atoms with Crippen LogP contribution in [0.5, 0.6) is 11.6 Å². The zero-order valence-corrected chi connectivity index (χ0v) is 16.8. The van der Waals surface area contributed by atoms with E-state index in [1.54, 1.807) is 36.5 Å². The number of nitrogens with one attached hydrogen (secondary N) is 1. The van der Waals surface area contributed by atoms with Crippen LogP contribution in [-0.2, 0) is 0 Å². The molecule has 0 saturated heterocycles. The fourth-order valence-electron chi connectivity index (χ4n) is 2.97. The molecule has 30 heavy (non-hydrogen) atoms. The number of nitrogens with zero attached hydrogens (tertiary/aromatic N) is 2. The van der Waals surface area contributed by atoms with Gasteiger partial charge in [-0.15, -0.1) is 0 Å². The van der Waals surface area contributed by atoms with E-state index < -0.39 is 0 Å². The monoisotopic (exact) mass is 395 g/mol. The molecule has 1 heterocycles. The highest BCUT2D eigenvalue weighted by Crippen LogP contribution is 2.24. The van der Waals surface area contributed by atoms with Crippen LogP contribution < -0.4 is 10.1 Å². The maximum Gasteiger partial charge on any atom is 0.255 e. The summed E-state index contributed by atoms with van der Waals surface area (Å²) in [7, 11) is 0. The Balaban J connectivity index is 1.52. The minimum Gasteiger partial charge on any atom is -0.439 e. The van der Waals surface area contributed by atoms with Crippen molar-refractivity contribution in [2.24, 2.45) is 0 Å². The second-order valence-electron chi connectivity index (χ2n) is 6.98. The smallest absolute Gasteiger partial charge is 0.255 e. The first-order chi connectivity index (χ1) is 14.6. The van der Waals surface area contributed by atoms with E-state index in [0.717, 1.165) is 16.8 Å². The first-order valence-electron chi connectivity index (χ1n) is 9.63. The minimum atomic E-state index is -0.196. The van der Waals surface area contributed by atoms with Gasteiger partial charge in [-0.3, -0.25) is 4.79 Å². The predicted molar refractivity (Wildman–Crippen MR) is 118 cm³/mol. The quantitative estimate of drug-likeness (QED) is 0.463. The largest absolute Gasteiger partial charge is 0.439 e. The number of hydrogen-bond acceptors (Lipinski definition) is 4. The molecule has 4 rings (SSSR count). The third-order valence-electron chi connectivity index (χ3n) is 4.65. The van der Waals surface area contributed by atoms with Crippen LogP contribution in [0.3, 0.4) is 0 Å². The summed E-state index contributed by atoms with van der Waals surface area (Å²) in [5.41, 5.74) is 4.38. The van der Waals surface area contributed by atoms with E-state index in [1.807, 2.05) is 62.4 Å². The van der Waals surface area contributed by atoms with Crippen molar-refractivity contribution in [3.8, 4) is 23.0 Å².